The second-order valence-corrected chi connectivity index (χ2v) is 8.52. The van der Waals surface area contributed by atoms with Gasteiger partial charge in [-0.3, -0.25) is 9.59 Å². The zero-order chi connectivity index (χ0) is 17.1. The predicted octanol–water partition coefficient (Wildman–Crippen LogP) is 3.34. The van der Waals surface area contributed by atoms with Gasteiger partial charge in [-0.15, -0.1) is 0 Å². The lowest BCUT2D eigenvalue weighted by molar-refractivity contribution is -0.150. The van der Waals surface area contributed by atoms with Crippen LogP contribution >= 0.6 is 0 Å². The van der Waals surface area contributed by atoms with Crippen molar-refractivity contribution in [2.45, 2.75) is 52.4 Å². The van der Waals surface area contributed by atoms with E-state index in [0.717, 1.165) is 37.8 Å². The van der Waals surface area contributed by atoms with Crippen molar-refractivity contribution in [2.24, 2.45) is 28.6 Å². The summed E-state index contributed by atoms with van der Waals surface area (Å²) in [6.07, 6.45) is 10.1. The van der Waals surface area contributed by atoms with E-state index >= 15 is 0 Å². The number of hydrogen-bond acceptors (Lipinski definition) is 3. The summed E-state index contributed by atoms with van der Waals surface area (Å²) in [5.41, 5.74) is 2.67. The maximum atomic E-state index is 12.3. The lowest BCUT2D eigenvalue weighted by Crippen LogP contribution is -2.50. The summed E-state index contributed by atoms with van der Waals surface area (Å²) >= 11 is 0. The van der Waals surface area contributed by atoms with E-state index in [-0.39, 0.29) is 28.6 Å². The Hall–Kier alpha value is -1.58. The van der Waals surface area contributed by atoms with Gasteiger partial charge < -0.3 is 10.1 Å². The van der Waals surface area contributed by atoms with E-state index in [1.54, 1.807) is 0 Å². The molecule has 1 heterocycles. The first kappa shape index (κ1) is 15.9. The Morgan fingerprint density at radius 3 is 2.71 bits per heavy atom. The lowest BCUT2D eigenvalue weighted by atomic mass is 9.52. The molecular weight excluding hydrogens is 302 g/mol. The highest BCUT2D eigenvalue weighted by atomic mass is 16.5. The van der Waals surface area contributed by atoms with Gasteiger partial charge in [0, 0.05) is 17.5 Å². The fourth-order valence-electron chi connectivity index (χ4n) is 6.08. The average molecular weight is 329 g/mol. The molecule has 24 heavy (non-hydrogen) atoms. The lowest BCUT2D eigenvalue weighted by Gasteiger charge is -2.53. The first-order valence-electron chi connectivity index (χ1n) is 9.20. The SMILES string of the molecule is COC(=O)[C@H]1CC[C@H]2C3=CC=C4NC(=O)CC[C@]4(C)[C@H]3CC[C@]12C. The number of carbonyl (C=O) groups is 2. The van der Waals surface area contributed by atoms with Gasteiger partial charge in [0.2, 0.25) is 5.91 Å². The molecule has 130 valence electrons. The number of rotatable bonds is 1. The first-order valence-corrected chi connectivity index (χ1v) is 9.20. The van der Waals surface area contributed by atoms with E-state index in [1.165, 1.54) is 12.7 Å². The largest absolute Gasteiger partial charge is 0.469 e. The zero-order valence-corrected chi connectivity index (χ0v) is 14.9. The Balaban J connectivity index is 1.71. The molecule has 0 aromatic rings. The van der Waals surface area contributed by atoms with E-state index in [4.69, 9.17) is 4.74 Å². The molecule has 0 spiro atoms. The molecule has 4 nitrogen and oxygen atoms in total. The van der Waals surface area contributed by atoms with Crippen LogP contribution in [-0.4, -0.2) is 19.0 Å². The van der Waals surface area contributed by atoms with E-state index in [1.807, 2.05) is 0 Å². The molecule has 0 unspecified atom stereocenters. The smallest absolute Gasteiger partial charge is 0.309 e. The Morgan fingerprint density at radius 2 is 1.96 bits per heavy atom. The molecule has 4 heteroatoms. The van der Waals surface area contributed by atoms with E-state index in [2.05, 4.69) is 31.3 Å². The molecule has 4 aliphatic rings. The number of ether oxygens (including phenoxy) is 1. The van der Waals surface area contributed by atoms with Gasteiger partial charge in [0.1, 0.15) is 0 Å². The van der Waals surface area contributed by atoms with E-state index < -0.39 is 0 Å². The highest BCUT2D eigenvalue weighted by Gasteiger charge is 2.58. The van der Waals surface area contributed by atoms with Crippen LogP contribution in [0.2, 0.25) is 0 Å². The van der Waals surface area contributed by atoms with Crippen molar-refractivity contribution in [3.63, 3.8) is 0 Å². The van der Waals surface area contributed by atoms with Crippen LogP contribution in [0.3, 0.4) is 0 Å². The minimum atomic E-state index is -0.0396. The fourth-order valence-corrected chi connectivity index (χ4v) is 6.08. The molecule has 5 atom stereocenters. The third-order valence-electron chi connectivity index (χ3n) is 7.57. The zero-order valence-electron chi connectivity index (χ0n) is 14.9. The normalized spacial score (nSPS) is 43.6. The third kappa shape index (κ3) is 1.98. The highest BCUT2D eigenvalue weighted by molar-refractivity contribution is 5.80. The summed E-state index contributed by atoms with van der Waals surface area (Å²) < 4.78 is 5.08. The predicted molar refractivity (Wildman–Crippen MR) is 90.7 cm³/mol. The van der Waals surface area contributed by atoms with Gasteiger partial charge in [0.15, 0.2) is 0 Å². The highest BCUT2D eigenvalue weighted by Crippen LogP contribution is 2.64. The fraction of sp³-hybridized carbons (Fsp3) is 0.700. The van der Waals surface area contributed by atoms with Crippen molar-refractivity contribution >= 4 is 11.9 Å². The summed E-state index contributed by atoms with van der Waals surface area (Å²) in [4.78, 5) is 24.0. The number of piperidine rings is 1. The monoisotopic (exact) mass is 329 g/mol. The second kappa shape index (κ2) is 5.21. The number of methoxy groups -OCH3 is 1. The summed E-state index contributed by atoms with van der Waals surface area (Å²) in [6.45, 7) is 4.60. The second-order valence-electron chi connectivity index (χ2n) is 8.52. The molecule has 0 radical (unpaired) electrons. The van der Waals surface area contributed by atoms with Crippen molar-refractivity contribution in [3.05, 3.63) is 23.4 Å². The number of esters is 1. The van der Waals surface area contributed by atoms with Gasteiger partial charge in [-0.1, -0.05) is 25.5 Å². The van der Waals surface area contributed by atoms with Gasteiger partial charge in [0.05, 0.1) is 13.0 Å². The molecule has 1 amide bonds. The average Bonchev–Trinajstić information content (AvgIpc) is 2.92. The summed E-state index contributed by atoms with van der Waals surface area (Å²) in [7, 11) is 1.51. The van der Waals surface area contributed by atoms with E-state index in [9.17, 15) is 9.59 Å². The minimum Gasteiger partial charge on any atom is -0.469 e. The van der Waals surface area contributed by atoms with Crippen molar-refractivity contribution in [3.8, 4) is 0 Å². The first-order chi connectivity index (χ1) is 11.4. The van der Waals surface area contributed by atoms with Crippen LogP contribution in [-0.2, 0) is 14.3 Å². The van der Waals surface area contributed by atoms with Gasteiger partial charge in [-0.25, -0.2) is 0 Å². The molecule has 0 aromatic carbocycles. The summed E-state index contributed by atoms with van der Waals surface area (Å²) in [5, 5.41) is 3.10. The number of nitrogens with one attached hydrogen (secondary N) is 1. The topological polar surface area (TPSA) is 55.4 Å². The molecular formula is C20H27NO3. The molecule has 1 saturated heterocycles. The standard InChI is InChI=1S/C20H27NO3/c1-19-10-8-14-12(13(19)5-6-15(19)18(23)24-3)4-7-16-20(14,2)11-9-17(22)21-16/h4,7,13-15H,5-6,8-11H2,1-3H3,(H,21,22)/t13-,14-,15+,19-,20+/m0/s1. The molecule has 3 fully saturated rings. The Labute approximate surface area is 143 Å². The maximum Gasteiger partial charge on any atom is 0.309 e. The minimum absolute atomic E-state index is 0.0229. The Kier molecular flexibility index (Phi) is 3.45. The van der Waals surface area contributed by atoms with Crippen LogP contribution in [0.25, 0.3) is 0 Å². The van der Waals surface area contributed by atoms with Gasteiger partial charge in [0.25, 0.3) is 0 Å². The molecule has 0 aromatic heterocycles. The number of allylic oxidation sites excluding steroid dienone is 4. The van der Waals surface area contributed by atoms with Crippen LogP contribution in [0.15, 0.2) is 23.4 Å². The summed E-state index contributed by atoms with van der Waals surface area (Å²) in [6, 6.07) is 0. The van der Waals surface area contributed by atoms with Crippen molar-refractivity contribution in [1.82, 2.24) is 5.32 Å². The van der Waals surface area contributed by atoms with E-state index in [0.29, 0.717) is 18.3 Å². The van der Waals surface area contributed by atoms with Crippen molar-refractivity contribution < 1.29 is 14.3 Å². The van der Waals surface area contributed by atoms with Gasteiger partial charge in [-0.2, -0.15) is 0 Å². The molecule has 1 aliphatic heterocycles. The molecule has 2 saturated carbocycles. The van der Waals surface area contributed by atoms with Crippen LogP contribution in [0, 0.1) is 28.6 Å². The number of amides is 1. The van der Waals surface area contributed by atoms with Gasteiger partial charge in [-0.05, 0) is 55.4 Å². The number of fused-ring (bicyclic) bond motifs is 5. The Bertz CT molecular complexity index is 664. The molecule has 4 rings (SSSR count). The molecule has 0 bridgehead atoms. The van der Waals surface area contributed by atoms with Crippen molar-refractivity contribution in [1.29, 1.82) is 0 Å². The van der Waals surface area contributed by atoms with Crippen LogP contribution in [0.4, 0.5) is 0 Å². The number of hydrogen-bond donors (Lipinski definition) is 1. The van der Waals surface area contributed by atoms with Crippen LogP contribution < -0.4 is 5.32 Å². The van der Waals surface area contributed by atoms with Crippen molar-refractivity contribution in [2.75, 3.05) is 7.11 Å². The van der Waals surface area contributed by atoms with Crippen LogP contribution in [0.1, 0.15) is 52.4 Å². The maximum absolute atomic E-state index is 12.3. The summed E-state index contributed by atoms with van der Waals surface area (Å²) in [5.74, 6) is 1.09. The Morgan fingerprint density at radius 1 is 1.17 bits per heavy atom. The third-order valence-corrected chi connectivity index (χ3v) is 7.57. The van der Waals surface area contributed by atoms with Gasteiger partial charge >= 0.3 is 5.97 Å². The number of carbonyl (C=O) groups excluding carboxylic acids is 2. The molecule has 3 aliphatic carbocycles. The van der Waals surface area contributed by atoms with Crippen LogP contribution in [0.5, 0.6) is 0 Å². The quantitative estimate of drug-likeness (QED) is 0.751. The molecule has 1 N–H and O–H groups in total.